The van der Waals surface area contributed by atoms with Crippen LogP contribution in [0.15, 0.2) is 0 Å². The summed E-state index contributed by atoms with van der Waals surface area (Å²) in [5.74, 6) is 0. The van der Waals surface area contributed by atoms with Crippen molar-refractivity contribution in [3.05, 3.63) is 0 Å². The zero-order valence-electron chi connectivity index (χ0n) is 12.5. The summed E-state index contributed by atoms with van der Waals surface area (Å²) in [6, 6.07) is 0.665. The summed E-state index contributed by atoms with van der Waals surface area (Å²) in [6.07, 6.45) is 7.65. The second-order valence-electron chi connectivity index (χ2n) is 6.54. The van der Waals surface area contributed by atoms with Gasteiger partial charge in [0.25, 0.3) is 0 Å². The fraction of sp³-hybridized carbons (Fsp3) is 1.00. The molecule has 1 heterocycles. The largest absolute Gasteiger partial charge is 0.394 e. The lowest BCUT2D eigenvalue weighted by Crippen LogP contribution is -2.47. The zero-order valence-corrected chi connectivity index (χ0v) is 12.5. The number of rotatable bonds is 9. The summed E-state index contributed by atoms with van der Waals surface area (Å²) in [5.41, 5.74) is -0.0682. The molecule has 112 valence electrons. The summed E-state index contributed by atoms with van der Waals surface area (Å²) in [5, 5.41) is 13.1. The molecule has 1 aliphatic carbocycles. The Morgan fingerprint density at radius 2 is 2.11 bits per heavy atom. The van der Waals surface area contributed by atoms with Crippen LogP contribution in [0.5, 0.6) is 0 Å². The van der Waals surface area contributed by atoms with Gasteiger partial charge < -0.3 is 20.1 Å². The number of nitrogens with zero attached hydrogens (tertiary/aromatic N) is 1. The van der Waals surface area contributed by atoms with E-state index in [1.54, 1.807) is 0 Å². The monoisotopic (exact) mass is 270 g/mol. The van der Waals surface area contributed by atoms with Crippen LogP contribution in [-0.4, -0.2) is 61.0 Å². The van der Waals surface area contributed by atoms with E-state index in [0.717, 1.165) is 13.0 Å². The van der Waals surface area contributed by atoms with Gasteiger partial charge in [-0.2, -0.15) is 0 Å². The number of hydrogen-bond acceptors (Lipinski definition) is 4. The number of aliphatic hydroxyl groups excluding tert-OH is 1. The Labute approximate surface area is 117 Å². The van der Waals surface area contributed by atoms with E-state index in [4.69, 9.17) is 4.74 Å². The average Bonchev–Trinajstić information content (AvgIpc) is 3.09. The number of aliphatic hydroxyl groups is 1. The molecule has 0 aromatic rings. The van der Waals surface area contributed by atoms with Gasteiger partial charge in [-0.25, -0.2) is 0 Å². The molecule has 4 nitrogen and oxygen atoms in total. The minimum atomic E-state index is -0.0682. The maximum atomic E-state index is 9.55. The van der Waals surface area contributed by atoms with Crippen molar-refractivity contribution in [1.29, 1.82) is 0 Å². The highest BCUT2D eigenvalue weighted by molar-refractivity contribution is 4.92. The molecule has 1 saturated heterocycles. The summed E-state index contributed by atoms with van der Waals surface area (Å²) in [6.45, 7) is 5.84. The highest BCUT2D eigenvalue weighted by Gasteiger charge is 2.31. The summed E-state index contributed by atoms with van der Waals surface area (Å²) in [7, 11) is 1.81. The first kappa shape index (κ1) is 15.2. The molecule has 0 aromatic carbocycles. The van der Waals surface area contributed by atoms with E-state index >= 15 is 0 Å². The van der Waals surface area contributed by atoms with Crippen LogP contribution in [0.2, 0.25) is 0 Å². The Bertz CT molecular complexity index is 271. The van der Waals surface area contributed by atoms with Crippen LogP contribution in [-0.2, 0) is 4.74 Å². The van der Waals surface area contributed by atoms with Crippen LogP contribution >= 0.6 is 0 Å². The second kappa shape index (κ2) is 7.02. The van der Waals surface area contributed by atoms with E-state index in [1.807, 2.05) is 7.11 Å². The third-order valence-electron chi connectivity index (χ3n) is 4.49. The first-order valence-corrected chi connectivity index (χ1v) is 7.79. The van der Waals surface area contributed by atoms with Crippen molar-refractivity contribution >= 4 is 0 Å². The highest BCUT2D eigenvalue weighted by atomic mass is 16.5. The Balaban J connectivity index is 1.57. The lowest BCUT2D eigenvalue weighted by atomic mass is 9.95. The predicted molar refractivity (Wildman–Crippen MR) is 77.4 cm³/mol. The summed E-state index contributed by atoms with van der Waals surface area (Å²) in [4.78, 5) is 2.50. The molecule has 2 aliphatic rings. The van der Waals surface area contributed by atoms with Gasteiger partial charge in [-0.05, 0) is 45.6 Å². The summed E-state index contributed by atoms with van der Waals surface area (Å²) >= 11 is 0. The smallest absolute Gasteiger partial charge is 0.0710 e. The van der Waals surface area contributed by atoms with Gasteiger partial charge in [-0.1, -0.05) is 6.42 Å². The van der Waals surface area contributed by atoms with Crippen LogP contribution in [0.1, 0.15) is 45.4 Å². The molecule has 0 aromatic heterocycles. The van der Waals surface area contributed by atoms with Crippen molar-refractivity contribution in [3.8, 4) is 0 Å². The minimum Gasteiger partial charge on any atom is -0.394 e. The van der Waals surface area contributed by atoms with Crippen LogP contribution < -0.4 is 5.32 Å². The lowest BCUT2D eigenvalue weighted by molar-refractivity contribution is 0.107. The molecule has 1 aliphatic heterocycles. The van der Waals surface area contributed by atoms with Crippen LogP contribution in [0.25, 0.3) is 0 Å². The summed E-state index contributed by atoms with van der Waals surface area (Å²) < 4.78 is 5.39. The zero-order chi connectivity index (χ0) is 13.7. The van der Waals surface area contributed by atoms with E-state index in [1.165, 1.54) is 45.2 Å². The topological polar surface area (TPSA) is 44.7 Å². The van der Waals surface area contributed by atoms with Crippen molar-refractivity contribution in [2.24, 2.45) is 0 Å². The first-order valence-electron chi connectivity index (χ1n) is 7.79. The molecule has 2 fully saturated rings. The molecule has 2 rings (SSSR count). The van der Waals surface area contributed by atoms with Gasteiger partial charge in [0.2, 0.25) is 0 Å². The van der Waals surface area contributed by atoms with E-state index in [2.05, 4.69) is 17.1 Å². The van der Waals surface area contributed by atoms with Gasteiger partial charge in [-0.15, -0.1) is 0 Å². The average molecular weight is 270 g/mol. The van der Waals surface area contributed by atoms with Crippen LogP contribution in [0.4, 0.5) is 0 Å². The molecule has 4 heteroatoms. The van der Waals surface area contributed by atoms with Crippen LogP contribution in [0, 0.1) is 0 Å². The molecule has 2 N–H and O–H groups in total. The third-order valence-corrected chi connectivity index (χ3v) is 4.49. The van der Waals surface area contributed by atoms with E-state index < -0.39 is 0 Å². The SMILES string of the molecule is COC1CCN(CCCCC(C)(CO)NC2CC2)C1. The number of nitrogens with one attached hydrogen (secondary N) is 1. The number of unbranched alkanes of at least 4 members (excludes halogenated alkanes) is 1. The molecule has 2 unspecified atom stereocenters. The molecule has 0 radical (unpaired) electrons. The Morgan fingerprint density at radius 3 is 2.68 bits per heavy atom. The molecular weight excluding hydrogens is 240 g/mol. The number of ether oxygens (including phenoxy) is 1. The lowest BCUT2D eigenvalue weighted by Gasteiger charge is -2.29. The first-order chi connectivity index (χ1) is 9.15. The van der Waals surface area contributed by atoms with Crippen LogP contribution in [0.3, 0.4) is 0 Å². The van der Waals surface area contributed by atoms with Gasteiger partial charge in [0.1, 0.15) is 0 Å². The van der Waals surface area contributed by atoms with Crippen molar-refractivity contribution in [3.63, 3.8) is 0 Å². The molecule has 2 atom stereocenters. The van der Waals surface area contributed by atoms with Gasteiger partial charge in [0.15, 0.2) is 0 Å². The molecule has 1 saturated carbocycles. The molecule has 0 amide bonds. The maximum absolute atomic E-state index is 9.55. The molecular formula is C15H30N2O2. The number of hydrogen-bond donors (Lipinski definition) is 2. The maximum Gasteiger partial charge on any atom is 0.0710 e. The van der Waals surface area contributed by atoms with Gasteiger partial charge in [-0.3, -0.25) is 0 Å². The van der Waals surface area contributed by atoms with E-state index in [-0.39, 0.29) is 12.1 Å². The van der Waals surface area contributed by atoms with Crippen molar-refractivity contribution < 1.29 is 9.84 Å². The van der Waals surface area contributed by atoms with Gasteiger partial charge >= 0.3 is 0 Å². The van der Waals surface area contributed by atoms with E-state index in [9.17, 15) is 5.11 Å². The third kappa shape index (κ3) is 5.03. The number of likely N-dealkylation sites (tertiary alicyclic amines) is 1. The number of methoxy groups -OCH3 is 1. The fourth-order valence-corrected chi connectivity index (χ4v) is 2.96. The van der Waals surface area contributed by atoms with Crippen molar-refractivity contribution in [1.82, 2.24) is 10.2 Å². The van der Waals surface area contributed by atoms with E-state index in [0.29, 0.717) is 12.1 Å². The predicted octanol–water partition coefficient (Wildman–Crippen LogP) is 1.38. The van der Waals surface area contributed by atoms with Crippen molar-refractivity contribution in [2.75, 3.05) is 33.4 Å². The highest BCUT2D eigenvalue weighted by Crippen LogP contribution is 2.25. The van der Waals surface area contributed by atoms with Crippen molar-refractivity contribution in [2.45, 2.75) is 63.1 Å². The minimum absolute atomic E-state index is 0.0682. The van der Waals surface area contributed by atoms with Gasteiger partial charge in [0, 0.05) is 31.8 Å². The molecule has 19 heavy (non-hydrogen) atoms. The molecule has 0 bridgehead atoms. The Hall–Kier alpha value is -0.160. The quantitative estimate of drug-likeness (QED) is 0.621. The standard InChI is InChI=1S/C15H30N2O2/c1-15(12-18,16-13-5-6-13)8-3-4-9-17-10-7-14(11-17)19-2/h13-14,16,18H,3-12H2,1-2H3. The normalized spacial score (nSPS) is 27.6. The Kier molecular flexibility index (Phi) is 5.63. The molecule has 0 spiro atoms. The Morgan fingerprint density at radius 1 is 1.32 bits per heavy atom. The second-order valence-corrected chi connectivity index (χ2v) is 6.54. The van der Waals surface area contributed by atoms with Gasteiger partial charge in [0.05, 0.1) is 12.7 Å². The fourth-order valence-electron chi connectivity index (χ4n) is 2.96.